The summed E-state index contributed by atoms with van der Waals surface area (Å²) < 4.78 is 22.5. The van der Waals surface area contributed by atoms with Crippen LogP contribution in [0.4, 0.5) is 0 Å². The highest BCUT2D eigenvalue weighted by Gasteiger charge is 2.43. The molecule has 3 atom stereocenters. The van der Waals surface area contributed by atoms with Crippen LogP contribution in [0.3, 0.4) is 0 Å². The molecule has 0 spiro atoms. The molecular weight excluding hydrogens is 402 g/mol. The predicted molar refractivity (Wildman–Crippen MR) is 112 cm³/mol. The molecule has 8 nitrogen and oxygen atoms in total. The van der Waals surface area contributed by atoms with Gasteiger partial charge in [-0.3, -0.25) is 9.59 Å². The highest BCUT2D eigenvalue weighted by Crippen LogP contribution is 2.53. The van der Waals surface area contributed by atoms with Crippen LogP contribution in [0.25, 0.3) is 0 Å². The van der Waals surface area contributed by atoms with Gasteiger partial charge < -0.3 is 29.4 Å². The summed E-state index contributed by atoms with van der Waals surface area (Å²) in [4.78, 5) is 22.5. The summed E-state index contributed by atoms with van der Waals surface area (Å²) >= 11 is 0. The van der Waals surface area contributed by atoms with Gasteiger partial charge in [0.05, 0.1) is 20.0 Å². The topological polar surface area (TPSA) is 107 Å². The zero-order valence-corrected chi connectivity index (χ0v) is 17.6. The molecule has 2 aromatic carbocycles. The quantitative estimate of drug-likeness (QED) is 0.392. The van der Waals surface area contributed by atoms with Crippen LogP contribution in [0.5, 0.6) is 11.5 Å². The fraction of sp³-hybridized carbons (Fsp3) is 0.391. The number of methoxy groups -OCH3 is 1. The Kier molecular flexibility index (Phi) is 7.86. The van der Waals surface area contributed by atoms with Gasteiger partial charge in [0.2, 0.25) is 0 Å². The van der Waals surface area contributed by atoms with Crippen molar-refractivity contribution in [3.8, 4) is 11.5 Å². The van der Waals surface area contributed by atoms with Gasteiger partial charge in [-0.1, -0.05) is 30.3 Å². The van der Waals surface area contributed by atoms with Gasteiger partial charge in [0.1, 0.15) is 36.4 Å². The number of esters is 1. The molecule has 8 heteroatoms. The van der Waals surface area contributed by atoms with Crippen LogP contribution in [0, 0.1) is 0 Å². The molecule has 2 aromatic rings. The van der Waals surface area contributed by atoms with Crippen LogP contribution in [-0.4, -0.2) is 50.5 Å². The number of rotatable bonds is 12. The first-order chi connectivity index (χ1) is 15.0. The zero-order chi connectivity index (χ0) is 22.2. The van der Waals surface area contributed by atoms with E-state index >= 15 is 0 Å². The van der Waals surface area contributed by atoms with Crippen molar-refractivity contribution in [3.63, 3.8) is 0 Å². The summed E-state index contributed by atoms with van der Waals surface area (Å²) in [7, 11) is 3.37. The molecule has 2 N–H and O–H groups in total. The number of carboxylic acid groups (broad SMARTS) is 1. The zero-order valence-electron chi connectivity index (χ0n) is 17.6. The Labute approximate surface area is 181 Å². The van der Waals surface area contributed by atoms with Crippen LogP contribution in [0.1, 0.15) is 36.2 Å². The summed E-state index contributed by atoms with van der Waals surface area (Å²) in [6.07, 6.45) is -1.20. The number of carboxylic acids is 1. The molecule has 3 unspecified atom stereocenters. The van der Waals surface area contributed by atoms with Crippen molar-refractivity contribution in [1.29, 1.82) is 0 Å². The van der Waals surface area contributed by atoms with E-state index in [2.05, 4.69) is 5.32 Å². The van der Waals surface area contributed by atoms with Gasteiger partial charge in [-0.05, 0) is 30.8 Å². The van der Waals surface area contributed by atoms with E-state index in [1.807, 2.05) is 48.5 Å². The molecule has 1 fully saturated rings. The number of ether oxygens (including phenoxy) is 4. The highest BCUT2D eigenvalue weighted by atomic mass is 16.6. The third-order valence-electron chi connectivity index (χ3n) is 4.84. The summed E-state index contributed by atoms with van der Waals surface area (Å²) in [5.41, 5.74) is 1.94. The maximum atomic E-state index is 11.9. The lowest BCUT2D eigenvalue weighted by atomic mass is 10.0. The van der Waals surface area contributed by atoms with E-state index in [1.54, 1.807) is 14.2 Å². The summed E-state index contributed by atoms with van der Waals surface area (Å²) in [6.45, 7) is 0.514. The molecule has 1 aliphatic rings. The third kappa shape index (κ3) is 6.44. The Morgan fingerprint density at radius 3 is 2.68 bits per heavy atom. The molecule has 0 radical (unpaired) electrons. The van der Waals surface area contributed by atoms with E-state index < -0.39 is 18.0 Å². The van der Waals surface area contributed by atoms with Crippen molar-refractivity contribution >= 4 is 11.9 Å². The normalized spacial score (nSPS) is 18.1. The van der Waals surface area contributed by atoms with Crippen LogP contribution >= 0.6 is 0 Å². The fourth-order valence-corrected chi connectivity index (χ4v) is 3.27. The highest BCUT2D eigenvalue weighted by molar-refractivity contribution is 5.76. The average Bonchev–Trinajstić information content (AvgIpc) is 3.57. The molecule has 166 valence electrons. The van der Waals surface area contributed by atoms with Crippen LogP contribution in [0.15, 0.2) is 48.5 Å². The molecule has 1 aliphatic heterocycles. The first-order valence-corrected chi connectivity index (χ1v) is 10.1. The summed E-state index contributed by atoms with van der Waals surface area (Å²) in [5, 5.41) is 11.7. The van der Waals surface area contributed by atoms with Crippen molar-refractivity contribution in [2.24, 2.45) is 0 Å². The molecule has 0 saturated carbocycles. The minimum Gasteiger partial charge on any atom is -0.497 e. The molecule has 0 amide bonds. The lowest BCUT2D eigenvalue weighted by molar-refractivity contribution is -0.153. The molecule has 3 rings (SSSR count). The van der Waals surface area contributed by atoms with Gasteiger partial charge in [0.15, 0.2) is 0 Å². The number of hydrogen-bond donors (Lipinski definition) is 2. The first-order valence-electron chi connectivity index (χ1n) is 10.1. The van der Waals surface area contributed by atoms with Crippen LogP contribution in [0.2, 0.25) is 0 Å². The first kappa shape index (κ1) is 22.6. The van der Waals surface area contributed by atoms with E-state index in [1.165, 1.54) is 0 Å². The average molecular weight is 429 g/mol. The Hall–Kier alpha value is -3.10. The van der Waals surface area contributed by atoms with Gasteiger partial charge in [0, 0.05) is 12.1 Å². The number of aliphatic carboxylic acids is 1. The van der Waals surface area contributed by atoms with Gasteiger partial charge in [0.25, 0.3) is 0 Å². The number of likely N-dealkylation sites (N-methyl/N-ethyl adjacent to an activating group) is 1. The molecule has 0 aliphatic carbocycles. The van der Waals surface area contributed by atoms with Crippen molar-refractivity contribution in [3.05, 3.63) is 59.7 Å². The Bertz CT molecular complexity index is 901. The van der Waals surface area contributed by atoms with E-state index in [0.717, 1.165) is 16.9 Å². The van der Waals surface area contributed by atoms with E-state index in [0.29, 0.717) is 12.3 Å². The van der Waals surface area contributed by atoms with Gasteiger partial charge in [-0.25, -0.2) is 0 Å². The molecule has 1 saturated heterocycles. The lowest BCUT2D eigenvalue weighted by Crippen LogP contribution is -2.34. The van der Waals surface area contributed by atoms with E-state index in [4.69, 9.17) is 24.1 Å². The third-order valence-corrected chi connectivity index (χ3v) is 4.84. The molecule has 31 heavy (non-hydrogen) atoms. The van der Waals surface area contributed by atoms with E-state index in [-0.39, 0.29) is 31.7 Å². The Morgan fingerprint density at radius 2 is 1.94 bits per heavy atom. The van der Waals surface area contributed by atoms with Crippen molar-refractivity contribution in [2.45, 2.75) is 31.2 Å². The van der Waals surface area contributed by atoms with Gasteiger partial charge in [-0.2, -0.15) is 0 Å². The Balaban J connectivity index is 1.62. The lowest BCUT2D eigenvalue weighted by Gasteiger charge is -2.19. The maximum Gasteiger partial charge on any atom is 0.306 e. The monoisotopic (exact) mass is 429 g/mol. The molecule has 0 aromatic heterocycles. The number of benzene rings is 2. The number of carbonyl (C=O) groups is 2. The smallest absolute Gasteiger partial charge is 0.306 e. The van der Waals surface area contributed by atoms with Crippen LogP contribution < -0.4 is 14.8 Å². The standard InChI is InChI=1S/C23H27NO7/c1-24-13-17(30-21(27)11-10-20(25)26)14-29-19-9-4-3-8-18(19)23-22(31-23)15-6-5-7-16(12-15)28-2/h3-9,12,17,22-24H,10-11,13-14H2,1-2H3,(H,25,26). The largest absolute Gasteiger partial charge is 0.497 e. The SMILES string of the molecule is CNCC(COc1ccccc1C1OC1c1cccc(OC)c1)OC(=O)CCC(=O)O. The second-order valence-electron chi connectivity index (χ2n) is 7.17. The van der Waals surface area contributed by atoms with Crippen molar-refractivity contribution in [2.75, 3.05) is 27.3 Å². The number of epoxide rings is 1. The molecular formula is C23H27NO7. The number of hydrogen-bond acceptors (Lipinski definition) is 7. The molecule has 0 bridgehead atoms. The second kappa shape index (κ2) is 10.8. The predicted octanol–water partition coefficient (Wildman–Crippen LogP) is 2.88. The maximum absolute atomic E-state index is 11.9. The number of carbonyl (C=O) groups excluding carboxylic acids is 1. The second-order valence-corrected chi connectivity index (χ2v) is 7.17. The Morgan fingerprint density at radius 1 is 1.13 bits per heavy atom. The van der Waals surface area contributed by atoms with Crippen molar-refractivity contribution in [1.82, 2.24) is 5.32 Å². The summed E-state index contributed by atoms with van der Waals surface area (Å²) in [5.74, 6) is -0.179. The van der Waals surface area contributed by atoms with Crippen molar-refractivity contribution < 1.29 is 33.6 Å². The van der Waals surface area contributed by atoms with Gasteiger partial charge >= 0.3 is 11.9 Å². The molecule has 1 heterocycles. The number of nitrogens with one attached hydrogen (secondary N) is 1. The van der Waals surface area contributed by atoms with Gasteiger partial charge in [-0.15, -0.1) is 0 Å². The summed E-state index contributed by atoms with van der Waals surface area (Å²) in [6, 6.07) is 15.4. The minimum absolute atomic E-state index is 0.0817. The fourth-order valence-electron chi connectivity index (χ4n) is 3.27. The van der Waals surface area contributed by atoms with E-state index in [9.17, 15) is 9.59 Å². The van der Waals surface area contributed by atoms with Crippen LogP contribution in [-0.2, 0) is 19.1 Å². The number of para-hydroxylation sites is 1. The minimum atomic E-state index is -1.04.